The van der Waals surface area contributed by atoms with Crippen LogP contribution in [0.25, 0.3) is 0 Å². The molecule has 396 valence electrons. The summed E-state index contributed by atoms with van der Waals surface area (Å²) in [5.41, 5.74) is 0. The van der Waals surface area contributed by atoms with E-state index in [1.54, 1.807) is 0 Å². The quantitative estimate of drug-likeness (QED) is 0.0447. The van der Waals surface area contributed by atoms with Crippen LogP contribution in [-0.4, -0.2) is 110 Å². The minimum atomic E-state index is -2.40. The molecule has 1 aliphatic heterocycles. The van der Waals surface area contributed by atoms with Crippen LogP contribution in [0.4, 0.5) is 0 Å². The van der Waals surface area contributed by atoms with E-state index in [-0.39, 0.29) is 0 Å². The smallest absolute Gasteiger partial charge is 0.101 e. The molecule has 0 aromatic rings. The Labute approximate surface area is 415 Å². The number of unbranched alkanes of at least 4 members (excludes halogenated alkanes) is 30. The van der Waals surface area contributed by atoms with Gasteiger partial charge in [-0.3, -0.25) is 14.7 Å². The van der Waals surface area contributed by atoms with Crippen LogP contribution in [0, 0.1) is 0 Å². The molecule has 9 heteroatoms. The van der Waals surface area contributed by atoms with Gasteiger partial charge >= 0.3 is 0 Å². The number of rotatable bonds is 48. The molecule has 0 radical (unpaired) electrons. The molecule has 1 rings (SSSR count). The van der Waals surface area contributed by atoms with Gasteiger partial charge < -0.3 is 13.7 Å². The van der Waals surface area contributed by atoms with Crippen LogP contribution in [0.2, 0.25) is 0 Å². The van der Waals surface area contributed by atoms with E-state index in [1.807, 2.05) is 0 Å². The van der Waals surface area contributed by atoms with Crippen LogP contribution in [0.3, 0.4) is 0 Å². The lowest BCUT2D eigenvalue weighted by molar-refractivity contribution is 0.256. The highest BCUT2D eigenvalue weighted by molar-refractivity contribution is 7.64. The Bertz CT molecular complexity index is 988. The molecule has 0 saturated carbocycles. The minimum absolute atomic E-state index is 0.735. The van der Waals surface area contributed by atoms with Crippen molar-refractivity contribution in [3.63, 3.8) is 0 Å². The van der Waals surface area contributed by atoms with E-state index in [1.165, 1.54) is 193 Å². The summed E-state index contributed by atoms with van der Waals surface area (Å²) in [6.07, 6.45) is 52.4. The molecule has 1 saturated heterocycles. The maximum Gasteiger partial charge on any atom is 0.101 e. The number of hydrogen-bond donors (Lipinski definition) is 0. The van der Waals surface area contributed by atoms with Crippen LogP contribution >= 0.6 is 21.4 Å². The summed E-state index contributed by atoms with van der Waals surface area (Å²) in [6, 6.07) is 0. The van der Waals surface area contributed by atoms with Gasteiger partial charge in [-0.2, -0.15) is 0 Å². The van der Waals surface area contributed by atoms with Crippen molar-refractivity contribution in [1.82, 2.24) is 14.7 Å². The molecule has 0 aromatic carbocycles. The Kier molecular flexibility index (Phi) is 43.3. The molecule has 1 aliphatic rings. The first-order valence-electron chi connectivity index (χ1n) is 30.0. The van der Waals surface area contributed by atoms with E-state index in [0.717, 1.165) is 134 Å². The van der Waals surface area contributed by atoms with Crippen LogP contribution in [0.5, 0.6) is 0 Å². The molecule has 6 nitrogen and oxygen atoms in total. The van der Waals surface area contributed by atoms with E-state index in [0.29, 0.717) is 0 Å². The summed E-state index contributed by atoms with van der Waals surface area (Å²) >= 11 is 0. The molecular formula is C57H120N3O3P3. The second kappa shape index (κ2) is 44.3. The second-order valence-electron chi connectivity index (χ2n) is 21.9. The predicted octanol–water partition coefficient (Wildman–Crippen LogP) is 19.0. The predicted molar refractivity (Wildman–Crippen MR) is 302 cm³/mol. The van der Waals surface area contributed by atoms with Crippen molar-refractivity contribution in [2.24, 2.45) is 0 Å². The molecule has 0 amide bonds. The van der Waals surface area contributed by atoms with Crippen molar-refractivity contribution in [3.8, 4) is 0 Å². The molecule has 0 bridgehead atoms. The molecule has 0 aromatic heterocycles. The maximum atomic E-state index is 15.3. The molecule has 1 fully saturated rings. The van der Waals surface area contributed by atoms with Crippen molar-refractivity contribution in [1.29, 1.82) is 0 Å². The molecule has 0 unspecified atom stereocenters. The molecule has 1 heterocycles. The zero-order chi connectivity index (χ0) is 48.3. The van der Waals surface area contributed by atoms with E-state index in [4.69, 9.17) is 0 Å². The zero-order valence-corrected chi connectivity index (χ0v) is 48.7. The molecule has 0 atom stereocenters. The molecular weight excluding hydrogens is 868 g/mol. The Balaban J connectivity index is 3.43. The number of hydrogen-bond acceptors (Lipinski definition) is 6. The van der Waals surface area contributed by atoms with Crippen molar-refractivity contribution in [3.05, 3.63) is 0 Å². The molecule has 66 heavy (non-hydrogen) atoms. The molecule has 0 spiro atoms. The monoisotopic (exact) mass is 988 g/mol. The third-order valence-corrected chi connectivity index (χ3v) is 24.6. The lowest BCUT2D eigenvalue weighted by Gasteiger charge is -2.31. The Hall–Kier alpha value is 0.570. The van der Waals surface area contributed by atoms with E-state index in [2.05, 4.69) is 56.2 Å². The van der Waals surface area contributed by atoms with Crippen LogP contribution < -0.4 is 0 Å². The fourth-order valence-corrected chi connectivity index (χ4v) is 19.9. The van der Waals surface area contributed by atoms with Gasteiger partial charge in [0.15, 0.2) is 0 Å². The minimum Gasteiger partial charge on any atom is -0.322 e. The van der Waals surface area contributed by atoms with Gasteiger partial charge in [0.25, 0.3) is 0 Å². The summed E-state index contributed by atoms with van der Waals surface area (Å²) < 4.78 is 45.8. The Morgan fingerprint density at radius 3 is 0.515 bits per heavy atom. The first-order chi connectivity index (χ1) is 32.1. The van der Waals surface area contributed by atoms with Gasteiger partial charge in [0.1, 0.15) is 21.4 Å². The van der Waals surface area contributed by atoms with Gasteiger partial charge in [0.05, 0.1) is 18.9 Å². The summed E-state index contributed by atoms with van der Waals surface area (Å²) in [4.78, 5) is 7.79. The van der Waals surface area contributed by atoms with Gasteiger partial charge in [-0.15, -0.1) is 0 Å². The first-order valence-corrected chi connectivity index (χ1v) is 36.8. The lowest BCUT2D eigenvalue weighted by Crippen LogP contribution is -2.37. The zero-order valence-electron chi connectivity index (χ0n) is 46.0. The van der Waals surface area contributed by atoms with Gasteiger partial charge in [0, 0.05) is 76.2 Å². The van der Waals surface area contributed by atoms with Crippen LogP contribution in [-0.2, 0) is 13.7 Å². The SMILES string of the molecule is CCCCCCCCP(=O)(CCCCCCCC)CN1CCN(CP(=O)(CCCCCCCC)CCCCCCCC)CCN(CP(=O)(CCCCCCCC)CCCCCCCC)CC1. The van der Waals surface area contributed by atoms with Gasteiger partial charge in [-0.25, -0.2) is 0 Å². The highest BCUT2D eigenvalue weighted by Gasteiger charge is 2.31. The van der Waals surface area contributed by atoms with Gasteiger partial charge in [0.2, 0.25) is 0 Å². The average Bonchev–Trinajstić information content (AvgIpc) is 3.38. The summed E-state index contributed by atoms with van der Waals surface area (Å²) in [7, 11) is -7.19. The highest BCUT2D eigenvalue weighted by atomic mass is 31.2. The van der Waals surface area contributed by atoms with Crippen molar-refractivity contribution >= 4 is 21.4 Å². The van der Waals surface area contributed by atoms with E-state index < -0.39 is 21.4 Å². The molecule has 0 aliphatic carbocycles. The largest absolute Gasteiger partial charge is 0.322 e. The average molecular weight is 989 g/mol. The van der Waals surface area contributed by atoms with Gasteiger partial charge in [-0.1, -0.05) is 234 Å². The topological polar surface area (TPSA) is 60.9 Å². The third kappa shape index (κ3) is 36.5. The van der Waals surface area contributed by atoms with Crippen LogP contribution in [0.1, 0.15) is 273 Å². The highest BCUT2D eigenvalue weighted by Crippen LogP contribution is 2.51. The fourth-order valence-electron chi connectivity index (χ4n) is 10.5. The lowest BCUT2D eigenvalue weighted by atomic mass is 10.1. The van der Waals surface area contributed by atoms with E-state index in [9.17, 15) is 0 Å². The Morgan fingerprint density at radius 2 is 0.364 bits per heavy atom. The Morgan fingerprint density at radius 1 is 0.227 bits per heavy atom. The summed E-state index contributed by atoms with van der Waals surface area (Å²) in [5.74, 6) is 0. The standard InChI is InChI=1S/C57H120N3O3P3/c1-7-13-19-25-31-37-49-64(61,50-38-32-26-20-14-8-2)55-58-43-45-59(56-65(62,51-39-33-27-21-15-9-3)52-40-34-28-22-16-10-4)47-48-60(46-44-58)57-66(63,53-41-35-29-23-17-11-5)54-42-36-30-24-18-12-6/h7-57H2,1-6H3. The third-order valence-electron chi connectivity index (χ3n) is 15.1. The van der Waals surface area contributed by atoms with Crippen molar-refractivity contribution in [2.45, 2.75) is 273 Å². The van der Waals surface area contributed by atoms with Gasteiger partial charge in [-0.05, 0) is 38.5 Å². The fraction of sp³-hybridized carbons (Fsp3) is 1.00. The second-order valence-corrected chi connectivity index (χ2v) is 31.8. The first kappa shape index (κ1) is 64.6. The van der Waals surface area contributed by atoms with Crippen molar-refractivity contribution < 1.29 is 13.7 Å². The maximum absolute atomic E-state index is 15.3. The summed E-state index contributed by atoms with van der Waals surface area (Å²) in [6.45, 7) is 19.2. The van der Waals surface area contributed by atoms with Crippen LogP contribution in [0.15, 0.2) is 0 Å². The molecule has 0 N–H and O–H groups in total. The summed E-state index contributed by atoms with van der Waals surface area (Å²) in [5, 5.41) is 0. The normalized spacial score (nSPS) is 15.4. The van der Waals surface area contributed by atoms with E-state index >= 15 is 13.7 Å². The number of nitrogens with zero attached hydrogens (tertiary/aromatic N) is 3. The van der Waals surface area contributed by atoms with Crippen molar-refractivity contribution in [2.75, 3.05) is 95.1 Å².